The third-order valence-electron chi connectivity index (χ3n) is 5.40. The number of ether oxygens (including phenoxy) is 1. The fourth-order valence-electron chi connectivity index (χ4n) is 3.90. The Kier molecular flexibility index (Phi) is 8.92. The lowest BCUT2D eigenvalue weighted by atomic mass is 10.0. The predicted octanol–water partition coefficient (Wildman–Crippen LogP) is 5.74. The molecule has 1 amide bonds. The van der Waals surface area contributed by atoms with Gasteiger partial charge in [-0.2, -0.15) is 0 Å². The summed E-state index contributed by atoms with van der Waals surface area (Å²) in [4.78, 5) is 28.9. The maximum atomic E-state index is 12.8. The number of amides is 1. The second kappa shape index (κ2) is 11.7. The number of benzene rings is 2. The van der Waals surface area contributed by atoms with E-state index in [4.69, 9.17) is 16.3 Å². The molecule has 5 nitrogen and oxygen atoms in total. The summed E-state index contributed by atoms with van der Waals surface area (Å²) in [6.45, 7) is 4.53. The molecule has 0 spiro atoms. The van der Waals surface area contributed by atoms with Crippen LogP contribution >= 0.6 is 35.3 Å². The van der Waals surface area contributed by atoms with Crippen molar-refractivity contribution in [3.05, 3.63) is 86.8 Å². The minimum absolute atomic E-state index is 0. The number of halogens is 2. The minimum atomic E-state index is -0.372. The van der Waals surface area contributed by atoms with Gasteiger partial charge in [-0.1, -0.05) is 54.1 Å². The number of anilines is 1. The predicted molar refractivity (Wildman–Crippen MR) is 136 cm³/mol. The molecule has 1 aliphatic heterocycles. The van der Waals surface area contributed by atoms with Crippen molar-refractivity contribution in [2.75, 3.05) is 18.5 Å². The second-order valence-electron chi connectivity index (χ2n) is 7.73. The van der Waals surface area contributed by atoms with Crippen molar-refractivity contribution in [2.24, 2.45) is 0 Å². The van der Waals surface area contributed by atoms with E-state index >= 15 is 0 Å². The van der Waals surface area contributed by atoms with Gasteiger partial charge < -0.3 is 10.1 Å². The Morgan fingerprint density at radius 3 is 2.52 bits per heavy atom. The average molecular weight is 505 g/mol. The molecule has 1 N–H and O–H groups in total. The summed E-state index contributed by atoms with van der Waals surface area (Å²) in [5, 5.41) is 4.17. The molecule has 1 aliphatic rings. The van der Waals surface area contributed by atoms with E-state index in [-0.39, 0.29) is 30.7 Å². The standard InChI is InChI=1S/C25H25ClN2O3S.ClH/c1-2-31-25(30)23-20-12-13-28(15-18-6-4-3-5-7-18)16-21(20)32-24(23)27-22(29)14-17-8-10-19(26)11-9-17;/h3-11H,2,12-16H2,1H3,(H,27,29);1H. The first kappa shape index (κ1) is 25.2. The Hall–Kier alpha value is -2.38. The molecule has 2 heterocycles. The van der Waals surface area contributed by atoms with Gasteiger partial charge in [0.1, 0.15) is 5.00 Å². The number of fused-ring (bicyclic) bond motifs is 1. The van der Waals surface area contributed by atoms with Gasteiger partial charge in [0.05, 0.1) is 18.6 Å². The van der Waals surface area contributed by atoms with Gasteiger partial charge in [0.25, 0.3) is 0 Å². The highest BCUT2D eigenvalue weighted by molar-refractivity contribution is 7.17. The zero-order valence-electron chi connectivity index (χ0n) is 18.3. The van der Waals surface area contributed by atoms with E-state index in [1.165, 1.54) is 16.9 Å². The Labute approximate surface area is 209 Å². The molecule has 0 unspecified atom stereocenters. The maximum absolute atomic E-state index is 12.8. The molecule has 0 saturated heterocycles. The molecule has 0 fully saturated rings. The smallest absolute Gasteiger partial charge is 0.341 e. The van der Waals surface area contributed by atoms with Crippen LogP contribution in [0, 0.1) is 0 Å². The molecular weight excluding hydrogens is 479 g/mol. The van der Waals surface area contributed by atoms with Crippen LogP contribution in [0.4, 0.5) is 5.00 Å². The number of carbonyl (C=O) groups excluding carboxylic acids is 2. The summed E-state index contributed by atoms with van der Waals surface area (Å²) in [5.41, 5.74) is 3.63. The quantitative estimate of drug-likeness (QED) is 0.416. The van der Waals surface area contributed by atoms with E-state index in [0.29, 0.717) is 22.2 Å². The SMILES string of the molecule is CCOC(=O)c1c(NC(=O)Cc2ccc(Cl)cc2)sc2c1CCN(Cc1ccccc1)C2.Cl. The first-order valence-electron chi connectivity index (χ1n) is 10.7. The summed E-state index contributed by atoms with van der Waals surface area (Å²) < 4.78 is 5.32. The number of thiophene rings is 1. The highest BCUT2D eigenvalue weighted by atomic mass is 35.5. The topological polar surface area (TPSA) is 58.6 Å². The summed E-state index contributed by atoms with van der Waals surface area (Å²) >= 11 is 7.41. The summed E-state index contributed by atoms with van der Waals surface area (Å²) in [5.74, 6) is -0.541. The number of nitrogens with one attached hydrogen (secondary N) is 1. The van der Waals surface area contributed by atoms with Gasteiger partial charge in [0.15, 0.2) is 0 Å². The Balaban J connectivity index is 0.00000306. The van der Waals surface area contributed by atoms with E-state index in [9.17, 15) is 9.59 Å². The molecule has 0 aliphatic carbocycles. The van der Waals surface area contributed by atoms with E-state index in [1.54, 1.807) is 19.1 Å². The molecule has 0 radical (unpaired) electrons. The van der Waals surface area contributed by atoms with Gasteiger partial charge >= 0.3 is 5.97 Å². The van der Waals surface area contributed by atoms with Gasteiger partial charge in [-0.25, -0.2) is 4.79 Å². The third kappa shape index (κ3) is 6.36. The Morgan fingerprint density at radius 1 is 1.09 bits per heavy atom. The summed E-state index contributed by atoms with van der Waals surface area (Å²) in [6.07, 6.45) is 0.960. The van der Waals surface area contributed by atoms with E-state index in [1.807, 2.05) is 30.3 Å². The van der Waals surface area contributed by atoms with Crippen LogP contribution in [-0.2, 0) is 35.5 Å². The van der Waals surface area contributed by atoms with E-state index < -0.39 is 0 Å². The molecule has 0 saturated carbocycles. The van der Waals surface area contributed by atoms with Crippen LogP contribution in [0.1, 0.15) is 38.8 Å². The molecule has 33 heavy (non-hydrogen) atoms. The minimum Gasteiger partial charge on any atom is -0.462 e. The zero-order valence-corrected chi connectivity index (χ0v) is 20.7. The number of esters is 1. The van der Waals surface area contributed by atoms with Crippen LogP contribution in [0.15, 0.2) is 54.6 Å². The van der Waals surface area contributed by atoms with Crippen molar-refractivity contribution in [1.82, 2.24) is 4.90 Å². The van der Waals surface area contributed by atoms with Crippen molar-refractivity contribution in [3.63, 3.8) is 0 Å². The molecule has 1 aromatic heterocycles. The molecule has 4 rings (SSSR count). The molecular formula is C25H26Cl2N2O3S. The fraction of sp³-hybridized carbons (Fsp3) is 0.280. The van der Waals surface area contributed by atoms with Crippen molar-refractivity contribution >= 4 is 52.2 Å². The normalized spacial score (nSPS) is 13.0. The molecule has 2 aromatic carbocycles. The van der Waals surface area contributed by atoms with Crippen molar-refractivity contribution in [3.8, 4) is 0 Å². The summed E-state index contributed by atoms with van der Waals surface area (Å²) in [6, 6.07) is 17.5. The highest BCUT2D eigenvalue weighted by Crippen LogP contribution is 2.38. The fourth-order valence-corrected chi connectivity index (χ4v) is 5.32. The van der Waals surface area contributed by atoms with Gasteiger partial charge in [0, 0.05) is 29.5 Å². The van der Waals surface area contributed by atoms with E-state index in [2.05, 4.69) is 22.3 Å². The van der Waals surface area contributed by atoms with Crippen LogP contribution in [0.2, 0.25) is 5.02 Å². The maximum Gasteiger partial charge on any atom is 0.341 e. The lowest BCUT2D eigenvalue weighted by Gasteiger charge is -2.27. The molecule has 0 bridgehead atoms. The second-order valence-corrected chi connectivity index (χ2v) is 9.27. The van der Waals surface area contributed by atoms with Crippen LogP contribution in [0.3, 0.4) is 0 Å². The van der Waals surface area contributed by atoms with Crippen LogP contribution in [0.5, 0.6) is 0 Å². The third-order valence-corrected chi connectivity index (χ3v) is 6.78. The van der Waals surface area contributed by atoms with Crippen LogP contribution < -0.4 is 5.32 Å². The molecule has 174 valence electrons. The number of hydrogen-bond donors (Lipinski definition) is 1. The number of carbonyl (C=O) groups is 2. The number of rotatable bonds is 7. The van der Waals surface area contributed by atoms with Gasteiger partial charge in [-0.15, -0.1) is 23.7 Å². The lowest BCUT2D eigenvalue weighted by molar-refractivity contribution is -0.115. The molecule has 0 atom stereocenters. The van der Waals surface area contributed by atoms with Crippen molar-refractivity contribution in [2.45, 2.75) is 32.9 Å². The van der Waals surface area contributed by atoms with Gasteiger partial charge in [-0.05, 0) is 42.2 Å². The molecule has 3 aromatic rings. The highest BCUT2D eigenvalue weighted by Gasteiger charge is 2.29. The Morgan fingerprint density at radius 2 is 1.82 bits per heavy atom. The van der Waals surface area contributed by atoms with Crippen LogP contribution in [-0.4, -0.2) is 29.9 Å². The molecule has 8 heteroatoms. The van der Waals surface area contributed by atoms with Crippen LogP contribution in [0.25, 0.3) is 0 Å². The van der Waals surface area contributed by atoms with E-state index in [0.717, 1.165) is 42.1 Å². The lowest BCUT2D eigenvalue weighted by Crippen LogP contribution is -2.30. The number of hydrogen-bond acceptors (Lipinski definition) is 5. The van der Waals surface area contributed by atoms with Gasteiger partial charge in [-0.3, -0.25) is 9.69 Å². The monoisotopic (exact) mass is 504 g/mol. The largest absolute Gasteiger partial charge is 0.462 e. The zero-order chi connectivity index (χ0) is 22.5. The van der Waals surface area contributed by atoms with Crippen molar-refractivity contribution < 1.29 is 14.3 Å². The first-order valence-corrected chi connectivity index (χ1v) is 11.8. The average Bonchev–Trinajstić information content (AvgIpc) is 3.13. The first-order chi connectivity index (χ1) is 15.5. The Bertz CT molecular complexity index is 1100. The van der Waals surface area contributed by atoms with Gasteiger partial charge in [0.2, 0.25) is 5.91 Å². The summed E-state index contributed by atoms with van der Waals surface area (Å²) in [7, 11) is 0. The van der Waals surface area contributed by atoms with Crippen molar-refractivity contribution in [1.29, 1.82) is 0 Å². The number of nitrogens with zero attached hydrogens (tertiary/aromatic N) is 1.